The van der Waals surface area contributed by atoms with Crippen LogP contribution in [0.4, 0.5) is 0 Å². The monoisotopic (exact) mass is 335 g/mol. The average molecular weight is 336 g/mol. The highest BCUT2D eigenvalue weighted by Gasteiger charge is 2.14. The summed E-state index contributed by atoms with van der Waals surface area (Å²) in [5.74, 6) is 0.887. The molecule has 5 heteroatoms. The van der Waals surface area contributed by atoms with Gasteiger partial charge in [0.15, 0.2) is 5.96 Å². The highest BCUT2D eigenvalue weighted by atomic mass is 32.2. The van der Waals surface area contributed by atoms with Crippen LogP contribution in [0.25, 0.3) is 0 Å². The Labute approximate surface area is 144 Å². The summed E-state index contributed by atoms with van der Waals surface area (Å²) < 4.78 is 5.66. The fraction of sp³-hybridized carbons (Fsp3) is 0.611. The molecule has 1 atom stereocenters. The first kappa shape index (κ1) is 18.1. The Hall–Kier alpha value is -1.20. The molecule has 4 nitrogen and oxygen atoms in total. The Morgan fingerprint density at radius 1 is 1.39 bits per heavy atom. The van der Waals surface area contributed by atoms with Gasteiger partial charge < -0.3 is 15.4 Å². The van der Waals surface area contributed by atoms with Crippen LogP contribution in [0.15, 0.2) is 28.1 Å². The van der Waals surface area contributed by atoms with Crippen molar-refractivity contribution >= 4 is 17.7 Å². The van der Waals surface area contributed by atoms with Crippen molar-refractivity contribution in [3.63, 3.8) is 0 Å². The van der Waals surface area contributed by atoms with Gasteiger partial charge in [0.2, 0.25) is 0 Å². The lowest BCUT2D eigenvalue weighted by Crippen LogP contribution is -2.38. The molecule has 0 radical (unpaired) electrons. The first-order chi connectivity index (χ1) is 11.2. The highest BCUT2D eigenvalue weighted by molar-refractivity contribution is 7.98. The number of nitrogens with zero attached hydrogens (tertiary/aromatic N) is 1. The number of aryl methyl sites for hydroxylation is 1. The number of guanidine groups is 1. The lowest BCUT2D eigenvalue weighted by atomic mass is 10.1. The van der Waals surface area contributed by atoms with Crippen LogP contribution in [0.1, 0.15) is 37.3 Å². The van der Waals surface area contributed by atoms with Crippen molar-refractivity contribution in [3.8, 4) is 0 Å². The van der Waals surface area contributed by atoms with Crippen LogP contribution in [-0.4, -0.2) is 38.0 Å². The Bertz CT molecular complexity index is 513. The van der Waals surface area contributed by atoms with E-state index in [4.69, 9.17) is 9.73 Å². The third kappa shape index (κ3) is 6.07. The van der Waals surface area contributed by atoms with E-state index in [0.29, 0.717) is 12.6 Å². The lowest BCUT2D eigenvalue weighted by molar-refractivity contribution is 0.105. The van der Waals surface area contributed by atoms with E-state index in [1.54, 1.807) is 11.8 Å². The van der Waals surface area contributed by atoms with Crippen molar-refractivity contribution in [1.82, 2.24) is 10.6 Å². The zero-order valence-electron chi connectivity index (χ0n) is 14.5. The number of aliphatic imine (C=N–C) groups is 1. The molecule has 0 aromatic heterocycles. The second-order valence-electron chi connectivity index (χ2n) is 5.86. The summed E-state index contributed by atoms with van der Waals surface area (Å²) in [4.78, 5) is 6.04. The summed E-state index contributed by atoms with van der Waals surface area (Å²) in [6.45, 7) is 7.62. The summed E-state index contributed by atoms with van der Waals surface area (Å²) in [5, 5.41) is 6.74. The van der Waals surface area contributed by atoms with E-state index in [1.807, 2.05) is 0 Å². The Morgan fingerprint density at radius 2 is 2.26 bits per heavy atom. The van der Waals surface area contributed by atoms with Crippen LogP contribution in [0.3, 0.4) is 0 Å². The predicted molar refractivity (Wildman–Crippen MR) is 99.4 cm³/mol. The van der Waals surface area contributed by atoms with Crippen LogP contribution in [-0.2, 0) is 11.3 Å². The highest BCUT2D eigenvalue weighted by Crippen LogP contribution is 2.22. The van der Waals surface area contributed by atoms with Gasteiger partial charge in [-0.3, -0.25) is 0 Å². The smallest absolute Gasteiger partial charge is 0.191 e. The van der Waals surface area contributed by atoms with Crippen molar-refractivity contribution in [3.05, 3.63) is 29.3 Å². The van der Waals surface area contributed by atoms with Crippen molar-refractivity contribution in [2.45, 2.75) is 50.7 Å². The minimum absolute atomic E-state index is 0.422. The molecule has 1 aromatic carbocycles. The van der Waals surface area contributed by atoms with Crippen LogP contribution >= 0.6 is 11.8 Å². The molecule has 2 rings (SSSR count). The van der Waals surface area contributed by atoms with Gasteiger partial charge in [0, 0.05) is 24.6 Å². The molecule has 0 saturated carbocycles. The summed E-state index contributed by atoms with van der Waals surface area (Å²) >= 11 is 1.78. The number of thioether (sulfide) groups is 1. The second kappa shape index (κ2) is 9.83. The molecule has 0 bridgehead atoms. The molecule has 128 valence electrons. The maximum atomic E-state index is 5.66. The van der Waals surface area contributed by atoms with Gasteiger partial charge in [-0.1, -0.05) is 12.1 Å². The molecule has 1 aliphatic heterocycles. The minimum atomic E-state index is 0.422. The Kier molecular flexibility index (Phi) is 7.76. The van der Waals surface area contributed by atoms with E-state index in [0.717, 1.165) is 32.1 Å². The molecule has 1 unspecified atom stereocenters. The predicted octanol–water partition coefficient (Wildman–Crippen LogP) is 3.34. The fourth-order valence-corrected chi connectivity index (χ4v) is 3.41. The quantitative estimate of drug-likeness (QED) is 0.456. The number of ether oxygens (including phenoxy) is 1. The topological polar surface area (TPSA) is 45.7 Å². The first-order valence-corrected chi connectivity index (χ1v) is 9.72. The SMILES string of the molecule is CCNC(=NCc1ccc(C)cc1SC)NCCC1CCCO1. The largest absolute Gasteiger partial charge is 0.378 e. The van der Waals surface area contributed by atoms with E-state index in [9.17, 15) is 0 Å². The fourth-order valence-electron chi connectivity index (χ4n) is 2.71. The second-order valence-corrected chi connectivity index (χ2v) is 6.71. The normalized spacial score (nSPS) is 18.2. The maximum absolute atomic E-state index is 5.66. The van der Waals surface area contributed by atoms with Gasteiger partial charge in [-0.25, -0.2) is 4.99 Å². The zero-order valence-corrected chi connectivity index (χ0v) is 15.3. The van der Waals surface area contributed by atoms with Crippen molar-refractivity contribution in [2.24, 2.45) is 4.99 Å². The van der Waals surface area contributed by atoms with Crippen molar-refractivity contribution in [1.29, 1.82) is 0 Å². The molecule has 23 heavy (non-hydrogen) atoms. The molecule has 1 aliphatic rings. The summed E-state index contributed by atoms with van der Waals surface area (Å²) in [6, 6.07) is 6.57. The van der Waals surface area contributed by atoms with Gasteiger partial charge in [0.05, 0.1) is 12.6 Å². The third-order valence-electron chi connectivity index (χ3n) is 3.98. The summed E-state index contributed by atoms with van der Waals surface area (Å²) in [5.41, 5.74) is 2.57. The van der Waals surface area contributed by atoms with Gasteiger partial charge in [0.25, 0.3) is 0 Å². The summed E-state index contributed by atoms with van der Waals surface area (Å²) in [7, 11) is 0. The van der Waals surface area contributed by atoms with E-state index in [-0.39, 0.29) is 0 Å². The average Bonchev–Trinajstić information content (AvgIpc) is 3.06. The van der Waals surface area contributed by atoms with Gasteiger partial charge in [-0.15, -0.1) is 11.8 Å². The van der Waals surface area contributed by atoms with Gasteiger partial charge in [-0.05, 0) is 56.6 Å². The van der Waals surface area contributed by atoms with Gasteiger partial charge in [-0.2, -0.15) is 0 Å². The molecular weight excluding hydrogens is 306 g/mol. The van der Waals surface area contributed by atoms with Crippen molar-refractivity contribution in [2.75, 3.05) is 26.0 Å². The molecule has 0 aliphatic carbocycles. The summed E-state index contributed by atoms with van der Waals surface area (Å²) in [6.07, 6.45) is 5.97. The molecule has 1 heterocycles. The molecule has 1 fully saturated rings. The molecular formula is C18H29N3OS. The number of hydrogen-bond acceptors (Lipinski definition) is 3. The van der Waals surface area contributed by atoms with Crippen LogP contribution in [0.2, 0.25) is 0 Å². The van der Waals surface area contributed by atoms with E-state index in [2.05, 4.69) is 48.9 Å². The molecule has 0 amide bonds. The maximum Gasteiger partial charge on any atom is 0.191 e. The van der Waals surface area contributed by atoms with E-state index >= 15 is 0 Å². The third-order valence-corrected chi connectivity index (χ3v) is 4.80. The standard InChI is InChI=1S/C18H29N3OS/c1-4-19-18(20-10-9-16-6-5-11-22-16)21-13-15-8-7-14(2)12-17(15)23-3/h7-8,12,16H,4-6,9-11,13H2,1-3H3,(H2,19,20,21). The van der Waals surface area contributed by atoms with E-state index in [1.165, 1.54) is 28.9 Å². The zero-order chi connectivity index (χ0) is 16.5. The van der Waals surface area contributed by atoms with Crippen molar-refractivity contribution < 1.29 is 4.74 Å². The molecule has 1 aromatic rings. The lowest BCUT2D eigenvalue weighted by Gasteiger charge is -2.14. The number of benzene rings is 1. The van der Waals surface area contributed by atoms with E-state index < -0.39 is 0 Å². The molecule has 0 spiro atoms. The number of hydrogen-bond donors (Lipinski definition) is 2. The number of nitrogens with one attached hydrogen (secondary N) is 2. The van der Waals surface area contributed by atoms with Gasteiger partial charge in [0.1, 0.15) is 0 Å². The van der Waals surface area contributed by atoms with Crippen LogP contribution in [0.5, 0.6) is 0 Å². The number of rotatable bonds is 7. The molecule has 1 saturated heterocycles. The van der Waals surface area contributed by atoms with Crippen LogP contribution < -0.4 is 10.6 Å². The van der Waals surface area contributed by atoms with Gasteiger partial charge >= 0.3 is 0 Å². The van der Waals surface area contributed by atoms with Crippen LogP contribution in [0, 0.1) is 6.92 Å². The molecule has 2 N–H and O–H groups in total. The minimum Gasteiger partial charge on any atom is -0.378 e. The Morgan fingerprint density at radius 3 is 2.96 bits per heavy atom. The Balaban J connectivity index is 1.89. The first-order valence-electron chi connectivity index (χ1n) is 8.50.